The molecule has 0 fully saturated rings. The average Bonchev–Trinajstić information content (AvgIpc) is 2.53. The molecule has 1 aliphatic carbocycles. The zero-order chi connectivity index (χ0) is 14.2. The van der Waals surface area contributed by atoms with Crippen molar-refractivity contribution in [3.8, 4) is 0 Å². The van der Waals surface area contributed by atoms with Crippen LogP contribution in [0.2, 0.25) is 0 Å². The Kier molecular flexibility index (Phi) is 3.02. The predicted octanol–water partition coefficient (Wildman–Crippen LogP) is 2.50. The number of rotatable bonds is 1. The number of anilines is 2. The highest BCUT2D eigenvalue weighted by atomic mass is 15.2. The van der Waals surface area contributed by atoms with E-state index >= 15 is 0 Å². The molecule has 0 atom stereocenters. The van der Waals surface area contributed by atoms with E-state index in [4.69, 9.17) is 5.73 Å². The molecule has 108 valence electrons. The van der Waals surface area contributed by atoms with Gasteiger partial charge in [-0.1, -0.05) is 6.07 Å². The number of aromatic nitrogens is 2. The van der Waals surface area contributed by atoms with E-state index in [-0.39, 0.29) is 0 Å². The second-order valence-corrected chi connectivity index (χ2v) is 6.03. The van der Waals surface area contributed by atoms with Crippen LogP contribution in [-0.2, 0) is 25.8 Å². The second-order valence-electron chi connectivity index (χ2n) is 6.03. The van der Waals surface area contributed by atoms with Crippen molar-refractivity contribution < 1.29 is 0 Å². The zero-order valence-electron chi connectivity index (χ0n) is 12.2. The number of hydrogen-bond acceptors (Lipinski definition) is 4. The number of nitrogens with zero attached hydrogens (tertiary/aromatic N) is 3. The first-order valence-electron chi connectivity index (χ1n) is 7.76. The molecule has 0 bridgehead atoms. The summed E-state index contributed by atoms with van der Waals surface area (Å²) in [6.07, 6.45) is 7.52. The van der Waals surface area contributed by atoms with Gasteiger partial charge in [0.1, 0.15) is 12.1 Å². The molecule has 2 heterocycles. The molecule has 0 unspecified atom stereocenters. The Bertz CT molecular complexity index is 680. The molecule has 4 rings (SSSR count). The first-order valence-corrected chi connectivity index (χ1v) is 7.76. The standard InChI is InChI=1S/C17H20N4/c18-14-6-5-12-7-8-21(10-13(12)9-14)17-15-3-1-2-4-16(15)19-11-20-17/h5-6,9,11H,1-4,7-8,10,18H2. The Morgan fingerprint density at radius 2 is 1.90 bits per heavy atom. The summed E-state index contributed by atoms with van der Waals surface area (Å²) in [5, 5.41) is 0. The molecular formula is C17H20N4. The largest absolute Gasteiger partial charge is 0.399 e. The molecular weight excluding hydrogens is 260 g/mol. The number of aryl methyl sites for hydroxylation is 1. The molecule has 4 nitrogen and oxygen atoms in total. The fourth-order valence-electron chi connectivity index (χ4n) is 3.53. The fourth-order valence-corrected chi connectivity index (χ4v) is 3.53. The van der Waals surface area contributed by atoms with Gasteiger partial charge in [0.05, 0.1) is 0 Å². The minimum atomic E-state index is 0.848. The van der Waals surface area contributed by atoms with Gasteiger partial charge in [-0.2, -0.15) is 0 Å². The van der Waals surface area contributed by atoms with E-state index in [0.717, 1.165) is 43.9 Å². The summed E-state index contributed by atoms with van der Waals surface area (Å²) >= 11 is 0. The maximum absolute atomic E-state index is 5.93. The van der Waals surface area contributed by atoms with Crippen LogP contribution in [0.5, 0.6) is 0 Å². The number of hydrogen-bond donors (Lipinski definition) is 1. The van der Waals surface area contributed by atoms with Gasteiger partial charge in [0.2, 0.25) is 0 Å². The lowest BCUT2D eigenvalue weighted by atomic mass is 9.94. The predicted molar refractivity (Wildman–Crippen MR) is 84.3 cm³/mol. The molecule has 4 heteroatoms. The SMILES string of the molecule is Nc1ccc2c(c1)CN(c1ncnc3c1CCCC3)CC2. The minimum Gasteiger partial charge on any atom is -0.399 e. The number of nitrogens with two attached hydrogens (primary N) is 1. The summed E-state index contributed by atoms with van der Waals surface area (Å²) < 4.78 is 0. The van der Waals surface area contributed by atoms with E-state index in [9.17, 15) is 0 Å². The van der Waals surface area contributed by atoms with Crippen LogP contribution >= 0.6 is 0 Å². The summed E-state index contributed by atoms with van der Waals surface area (Å²) in [7, 11) is 0. The monoisotopic (exact) mass is 280 g/mol. The quantitative estimate of drug-likeness (QED) is 0.815. The van der Waals surface area contributed by atoms with Crippen LogP contribution in [-0.4, -0.2) is 16.5 Å². The van der Waals surface area contributed by atoms with Crippen LogP contribution in [0.15, 0.2) is 24.5 Å². The normalized spacial score (nSPS) is 17.2. The van der Waals surface area contributed by atoms with E-state index in [1.807, 2.05) is 6.07 Å². The summed E-state index contributed by atoms with van der Waals surface area (Å²) in [5.41, 5.74) is 12.2. The molecule has 1 aliphatic heterocycles. The second kappa shape index (κ2) is 5.02. The van der Waals surface area contributed by atoms with Gasteiger partial charge in [0.25, 0.3) is 0 Å². The molecule has 0 radical (unpaired) electrons. The van der Waals surface area contributed by atoms with Crippen LogP contribution in [0.25, 0.3) is 0 Å². The molecule has 2 aromatic rings. The van der Waals surface area contributed by atoms with Gasteiger partial charge in [-0.05, 0) is 55.4 Å². The zero-order valence-corrected chi connectivity index (χ0v) is 12.2. The summed E-state index contributed by atoms with van der Waals surface area (Å²) in [5.74, 6) is 1.15. The van der Waals surface area contributed by atoms with E-state index < -0.39 is 0 Å². The van der Waals surface area contributed by atoms with Gasteiger partial charge in [-0.3, -0.25) is 0 Å². The van der Waals surface area contributed by atoms with Crippen LogP contribution in [0.4, 0.5) is 11.5 Å². The van der Waals surface area contributed by atoms with E-state index in [1.54, 1.807) is 6.33 Å². The molecule has 2 N–H and O–H groups in total. The highest BCUT2D eigenvalue weighted by molar-refractivity contribution is 5.54. The summed E-state index contributed by atoms with van der Waals surface area (Å²) in [6, 6.07) is 6.27. The Labute approximate surface area is 125 Å². The third-order valence-corrected chi connectivity index (χ3v) is 4.64. The lowest BCUT2D eigenvalue weighted by molar-refractivity contribution is 0.645. The Morgan fingerprint density at radius 3 is 2.86 bits per heavy atom. The molecule has 1 aromatic heterocycles. The van der Waals surface area contributed by atoms with Gasteiger partial charge in [-0.25, -0.2) is 9.97 Å². The molecule has 1 aromatic carbocycles. The van der Waals surface area contributed by atoms with Crippen molar-refractivity contribution in [3.05, 3.63) is 46.9 Å². The first-order chi connectivity index (χ1) is 10.3. The van der Waals surface area contributed by atoms with Crippen molar-refractivity contribution in [2.75, 3.05) is 17.2 Å². The van der Waals surface area contributed by atoms with Crippen molar-refractivity contribution in [2.45, 2.75) is 38.6 Å². The fraction of sp³-hybridized carbons (Fsp3) is 0.412. The van der Waals surface area contributed by atoms with Crippen LogP contribution < -0.4 is 10.6 Å². The number of benzene rings is 1. The van der Waals surface area contributed by atoms with Crippen molar-refractivity contribution in [1.29, 1.82) is 0 Å². The lowest BCUT2D eigenvalue weighted by Gasteiger charge is -2.32. The molecule has 0 amide bonds. The van der Waals surface area contributed by atoms with Gasteiger partial charge in [0.15, 0.2) is 0 Å². The van der Waals surface area contributed by atoms with E-state index in [1.165, 1.54) is 35.2 Å². The third kappa shape index (κ3) is 2.24. The van der Waals surface area contributed by atoms with Crippen molar-refractivity contribution in [2.24, 2.45) is 0 Å². The van der Waals surface area contributed by atoms with Gasteiger partial charge < -0.3 is 10.6 Å². The Morgan fingerprint density at radius 1 is 1.00 bits per heavy atom. The smallest absolute Gasteiger partial charge is 0.135 e. The van der Waals surface area contributed by atoms with Gasteiger partial charge >= 0.3 is 0 Å². The van der Waals surface area contributed by atoms with E-state index in [2.05, 4.69) is 27.0 Å². The molecule has 2 aliphatic rings. The molecule has 21 heavy (non-hydrogen) atoms. The average molecular weight is 280 g/mol. The number of fused-ring (bicyclic) bond motifs is 2. The Balaban J connectivity index is 1.69. The minimum absolute atomic E-state index is 0.848. The maximum atomic E-state index is 5.93. The first kappa shape index (κ1) is 12.6. The summed E-state index contributed by atoms with van der Waals surface area (Å²) in [4.78, 5) is 11.5. The van der Waals surface area contributed by atoms with Crippen molar-refractivity contribution in [1.82, 2.24) is 9.97 Å². The lowest BCUT2D eigenvalue weighted by Crippen LogP contribution is -2.32. The maximum Gasteiger partial charge on any atom is 0.135 e. The van der Waals surface area contributed by atoms with Crippen LogP contribution in [0, 0.1) is 0 Å². The van der Waals surface area contributed by atoms with Gasteiger partial charge in [0, 0.05) is 30.0 Å². The topological polar surface area (TPSA) is 55.0 Å². The van der Waals surface area contributed by atoms with Gasteiger partial charge in [-0.15, -0.1) is 0 Å². The third-order valence-electron chi connectivity index (χ3n) is 4.64. The molecule has 0 spiro atoms. The number of nitrogen functional groups attached to an aromatic ring is 1. The highest BCUT2D eigenvalue weighted by Crippen LogP contribution is 2.31. The van der Waals surface area contributed by atoms with Crippen LogP contribution in [0.1, 0.15) is 35.2 Å². The Hall–Kier alpha value is -2.10. The van der Waals surface area contributed by atoms with Crippen LogP contribution in [0.3, 0.4) is 0 Å². The van der Waals surface area contributed by atoms with Crippen molar-refractivity contribution >= 4 is 11.5 Å². The molecule has 0 saturated carbocycles. The highest BCUT2D eigenvalue weighted by Gasteiger charge is 2.23. The van der Waals surface area contributed by atoms with E-state index in [0.29, 0.717) is 0 Å². The molecule has 0 saturated heterocycles. The van der Waals surface area contributed by atoms with Crippen molar-refractivity contribution in [3.63, 3.8) is 0 Å². The summed E-state index contributed by atoms with van der Waals surface area (Å²) in [6.45, 7) is 1.93.